The van der Waals surface area contributed by atoms with Gasteiger partial charge in [-0.15, -0.1) is 0 Å². The zero-order valence-electron chi connectivity index (χ0n) is 15.0. The molecule has 1 aliphatic heterocycles. The van der Waals surface area contributed by atoms with E-state index in [9.17, 15) is 4.79 Å². The SMILES string of the molecule is CCOc1ccc(NC(=O)C2=C(C)NC(=S)N[C@@H]2c2ccc(Cl)cc2)cc1. The number of carbonyl (C=O) groups is 1. The number of thiocarbonyl (C=S) groups is 1. The lowest BCUT2D eigenvalue weighted by Gasteiger charge is -2.30. The van der Waals surface area contributed by atoms with Crippen molar-refractivity contribution in [1.29, 1.82) is 0 Å². The van der Waals surface area contributed by atoms with Gasteiger partial charge >= 0.3 is 0 Å². The summed E-state index contributed by atoms with van der Waals surface area (Å²) in [7, 11) is 0. The van der Waals surface area contributed by atoms with Crippen LogP contribution in [-0.4, -0.2) is 17.6 Å². The zero-order chi connectivity index (χ0) is 19.4. The molecule has 0 aromatic heterocycles. The summed E-state index contributed by atoms with van der Waals surface area (Å²) in [5, 5.41) is 10.2. The second kappa shape index (κ2) is 8.41. The monoisotopic (exact) mass is 401 g/mol. The molecule has 1 amide bonds. The van der Waals surface area contributed by atoms with E-state index in [1.165, 1.54) is 0 Å². The molecule has 27 heavy (non-hydrogen) atoms. The maximum atomic E-state index is 13.0. The van der Waals surface area contributed by atoms with Gasteiger partial charge in [-0.3, -0.25) is 4.79 Å². The van der Waals surface area contributed by atoms with E-state index in [0.717, 1.165) is 11.3 Å². The van der Waals surface area contributed by atoms with Crippen LogP contribution in [0.25, 0.3) is 0 Å². The summed E-state index contributed by atoms with van der Waals surface area (Å²) in [5.41, 5.74) is 2.87. The first-order valence-corrected chi connectivity index (χ1v) is 9.34. The smallest absolute Gasteiger partial charge is 0.255 e. The van der Waals surface area contributed by atoms with Crippen LogP contribution >= 0.6 is 23.8 Å². The van der Waals surface area contributed by atoms with E-state index >= 15 is 0 Å². The van der Waals surface area contributed by atoms with Crippen LogP contribution in [0.3, 0.4) is 0 Å². The van der Waals surface area contributed by atoms with Gasteiger partial charge in [0.05, 0.1) is 18.2 Å². The largest absolute Gasteiger partial charge is 0.494 e. The highest BCUT2D eigenvalue weighted by Crippen LogP contribution is 2.29. The number of halogens is 1. The number of anilines is 1. The Kier molecular flexibility index (Phi) is 5.98. The Labute approximate surface area is 168 Å². The number of amides is 1. The van der Waals surface area contributed by atoms with Gasteiger partial charge in [0.25, 0.3) is 5.91 Å². The van der Waals surface area contributed by atoms with Crippen LogP contribution in [0.1, 0.15) is 25.5 Å². The predicted octanol–water partition coefficient (Wildman–Crippen LogP) is 4.17. The maximum absolute atomic E-state index is 13.0. The fourth-order valence-corrected chi connectivity index (χ4v) is 3.30. The normalized spacial score (nSPS) is 16.4. The van der Waals surface area contributed by atoms with Crippen molar-refractivity contribution >= 4 is 40.5 Å². The Morgan fingerprint density at radius 2 is 1.85 bits per heavy atom. The highest BCUT2D eigenvalue weighted by atomic mass is 35.5. The number of benzene rings is 2. The zero-order valence-corrected chi connectivity index (χ0v) is 16.6. The minimum Gasteiger partial charge on any atom is -0.494 e. The molecule has 0 unspecified atom stereocenters. The molecule has 0 radical (unpaired) electrons. The second-order valence-corrected chi connectivity index (χ2v) is 6.88. The van der Waals surface area contributed by atoms with Crippen molar-refractivity contribution in [1.82, 2.24) is 10.6 Å². The molecule has 1 atom stereocenters. The molecule has 0 aliphatic carbocycles. The van der Waals surface area contributed by atoms with Crippen molar-refractivity contribution in [2.45, 2.75) is 19.9 Å². The summed E-state index contributed by atoms with van der Waals surface area (Å²) in [6, 6.07) is 14.2. The van der Waals surface area contributed by atoms with Crippen molar-refractivity contribution < 1.29 is 9.53 Å². The van der Waals surface area contributed by atoms with Crippen LogP contribution in [0.15, 0.2) is 59.8 Å². The molecule has 3 N–H and O–H groups in total. The number of rotatable bonds is 5. The highest BCUT2D eigenvalue weighted by molar-refractivity contribution is 7.80. The van der Waals surface area contributed by atoms with E-state index in [1.807, 2.05) is 50.2 Å². The van der Waals surface area contributed by atoms with E-state index < -0.39 is 0 Å². The molecule has 0 spiro atoms. The van der Waals surface area contributed by atoms with Gasteiger partial charge < -0.3 is 20.7 Å². The average Bonchev–Trinajstić information content (AvgIpc) is 2.63. The van der Waals surface area contributed by atoms with Crippen molar-refractivity contribution in [3.63, 3.8) is 0 Å². The van der Waals surface area contributed by atoms with Gasteiger partial charge in [-0.2, -0.15) is 0 Å². The average molecular weight is 402 g/mol. The summed E-state index contributed by atoms with van der Waals surface area (Å²) >= 11 is 11.3. The number of hydrogen-bond acceptors (Lipinski definition) is 3. The molecule has 140 valence electrons. The van der Waals surface area contributed by atoms with Crippen molar-refractivity contribution in [2.75, 3.05) is 11.9 Å². The van der Waals surface area contributed by atoms with E-state index in [2.05, 4.69) is 16.0 Å². The van der Waals surface area contributed by atoms with E-state index in [4.69, 9.17) is 28.6 Å². The molecule has 0 saturated carbocycles. The number of allylic oxidation sites excluding steroid dienone is 1. The highest BCUT2D eigenvalue weighted by Gasteiger charge is 2.29. The Balaban J connectivity index is 1.86. The molecule has 7 heteroatoms. The molecule has 0 saturated heterocycles. The standard InChI is InChI=1S/C20H20ClN3O2S/c1-3-26-16-10-8-15(9-11-16)23-19(25)17-12(2)22-20(27)24-18(17)13-4-6-14(21)7-5-13/h4-11,18H,3H2,1-2H3,(H,23,25)(H2,22,24,27)/t18-/m1/s1. The fraction of sp³-hybridized carbons (Fsp3) is 0.200. The van der Waals surface area contributed by atoms with Crippen LogP contribution in [0.2, 0.25) is 5.02 Å². The van der Waals surface area contributed by atoms with Crippen LogP contribution in [0.4, 0.5) is 5.69 Å². The van der Waals surface area contributed by atoms with Crippen LogP contribution < -0.4 is 20.7 Å². The van der Waals surface area contributed by atoms with Gasteiger partial charge in [-0.1, -0.05) is 23.7 Å². The molecule has 0 bridgehead atoms. The first-order valence-electron chi connectivity index (χ1n) is 8.56. The first kappa shape index (κ1) is 19.2. The molecule has 0 fully saturated rings. The van der Waals surface area contributed by atoms with Gasteiger partial charge in [-0.25, -0.2) is 0 Å². The lowest BCUT2D eigenvalue weighted by Crippen LogP contribution is -2.45. The third-order valence-corrected chi connectivity index (χ3v) is 4.61. The number of ether oxygens (including phenoxy) is 1. The van der Waals surface area contributed by atoms with Gasteiger partial charge in [0.15, 0.2) is 5.11 Å². The fourth-order valence-electron chi connectivity index (χ4n) is 2.90. The van der Waals surface area contributed by atoms with Gasteiger partial charge in [0.1, 0.15) is 5.75 Å². The minimum absolute atomic E-state index is 0.209. The van der Waals surface area contributed by atoms with Crippen molar-refractivity contribution in [2.24, 2.45) is 0 Å². The summed E-state index contributed by atoms with van der Waals surface area (Å²) in [6.45, 7) is 4.36. The van der Waals surface area contributed by atoms with Crippen LogP contribution in [-0.2, 0) is 4.79 Å². The summed E-state index contributed by atoms with van der Waals surface area (Å²) in [4.78, 5) is 13.0. The summed E-state index contributed by atoms with van der Waals surface area (Å²) in [5.74, 6) is 0.551. The molecular weight excluding hydrogens is 382 g/mol. The Hall–Kier alpha value is -2.57. The van der Waals surface area contributed by atoms with Crippen LogP contribution in [0, 0.1) is 0 Å². The molecule has 3 rings (SSSR count). The lowest BCUT2D eigenvalue weighted by atomic mass is 9.95. The molecular formula is C20H20ClN3O2S. The van der Waals surface area contributed by atoms with Gasteiger partial charge in [0, 0.05) is 16.4 Å². The van der Waals surface area contributed by atoms with Gasteiger partial charge in [-0.05, 0) is 68.0 Å². The topological polar surface area (TPSA) is 62.4 Å². The van der Waals surface area contributed by atoms with Crippen molar-refractivity contribution in [3.8, 4) is 5.75 Å². The molecule has 1 aliphatic rings. The molecule has 5 nitrogen and oxygen atoms in total. The Morgan fingerprint density at radius 3 is 2.48 bits per heavy atom. The number of hydrogen-bond donors (Lipinski definition) is 3. The first-order chi connectivity index (χ1) is 13.0. The number of nitrogens with one attached hydrogen (secondary N) is 3. The molecule has 2 aromatic carbocycles. The molecule has 2 aromatic rings. The quantitative estimate of drug-likeness (QED) is 0.656. The van der Waals surface area contributed by atoms with Crippen molar-refractivity contribution in [3.05, 3.63) is 70.4 Å². The van der Waals surface area contributed by atoms with E-state index in [-0.39, 0.29) is 11.9 Å². The lowest BCUT2D eigenvalue weighted by molar-refractivity contribution is -0.113. The van der Waals surface area contributed by atoms with Gasteiger partial charge in [0.2, 0.25) is 0 Å². The predicted molar refractivity (Wildman–Crippen MR) is 112 cm³/mol. The van der Waals surface area contributed by atoms with E-state index in [0.29, 0.717) is 33.7 Å². The second-order valence-electron chi connectivity index (χ2n) is 6.03. The van der Waals surface area contributed by atoms with E-state index in [1.54, 1.807) is 12.1 Å². The summed E-state index contributed by atoms with van der Waals surface area (Å²) < 4.78 is 5.43. The maximum Gasteiger partial charge on any atom is 0.255 e. The Morgan fingerprint density at radius 1 is 1.19 bits per heavy atom. The third-order valence-electron chi connectivity index (χ3n) is 4.14. The third kappa shape index (κ3) is 4.59. The Bertz CT molecular complexity index is 879. The number of carbonyl (C=O) groups excluding carboxylic acids is 1. The minimum atomic E-state index is -0.362. The molecule has 1 heterocycles. The summed E-state index contributed by atoms with van der Waals surface area (Å²) in [6.07, 6.45) is 0. The van der Waals surface area contributed by atoms with Crippen LogP contribution in [0.5, 0.6) is 5.75 Å².